The van der Waals surface area contributed by atoms with E-state index < -0.39 is 10.0 Å². The summed E-state index contributed by atoms with van der Waals surface area (Å²) in [4.78, 5) is 14.3. The van der Waals surface area contributed by atoms with E-state index in [0.717, 1.165) is 5.56 Å². The van der Waals surface area contributed by atoms with Crippen LogP contribution in [0.1, 0.15) is 5.56 Å². The molecule has 3 rings (SSSR count). The van der Waals surface area contributed by atoms with E-state index in [9.17, 15) is 13.2 Å². The number of sulfonamides is 1. The van der Waals surface area contributed by atoms with Crippen LogP contribution in [0.15, 0.2) is 44.6 Å². The lowest BCUT2D eigenvalue weighted by atomic mass is 10.2. The fourth-order valence-corrected chi connectivity index (χ4v) is 4.78. The fourth-order valence-electron chi connectivity index (χ4n) is 2.75. The van der Waals surface area contributed by atoms with Gasteiger partial charge in [-0.1, -0.05) is 17.7 Å². The van der Waals surface area contributed by atoms with Gasteiger partial charge in [0.2, 0.25) is 10.0 Å². The second kappa shape index (κ2) is 6.89. The summed E-state index contributed by atoms with van der Waals surface area (Å²) in [5.41, 5.74) is 1.49. The normalized spacial score (nSPS) is 16.2. The molecule has 9 heteroatoms. The largest absolute Gasteiger partial charge is 0.367 e. The molecule has 7 nitrogen and oxygen atoms in total. The first-order chi connectivity index (χ1) is 11.8. The molecule has 1 aromatic heterocycles. The zero-order valence-electron chi connectivity index (χ0n) is 14.0. The van der Waals surface area contributed by atoms with Gasteiger partial charge in [-0.2, -0.15) is 9.40 Å². The van der Waals surface area contributed by atoms with Crippen molar-refractivity contribution in [2.24, 2.45) is 7.05 Å². The summed E-state index contributed by atoms with van der Waals surface area (Å²) in [6, 6.07) is 6.87. The average Bonchev–Trinajstić information content (AvgIpc) is 2.60. The fraction of sp³-hybridized carbons (Fsp3) is 0.375. The highest BCUT2D eigenvalue weighted by molar-refractivity contribution is 9.10. The van der Waals surface area contributed by atoms with Gasteiger partial charge in [0.05, 0.1) is 16.8 Å². The Bertz CT molecular complexity index is 933. The molecular weight excluding hydrogens is 408 g/mol. The highest BCUT2D eigenvalue weighted by Gasteiger charge is 2.29. The SMILES string of the molecule is Cc1ccc(S(=O)(=O)N2CCN(c3cnn(C)c(=O)c3Br)CC2)cc1. The molecular formula is C16H19BrN4O3S. The Hall–Kier alpha value is -1.71. The van der Waals surface area contributed by atoms with Crippen molar-refractivity contribution in [3.63, 3.8) is 0 Å². The van der Waals surface area contributed by atoms with Crippen LogP contribution in [0.2, 0.25) is 0 Å². The van der Waals surface area contributed by atoms with Gasteiger partial charge in [0.1, 0.15) is 4.47 Å². The highest BCUT2D eigenvalue weighted by atomic mass is 79.9. The summed E-state index contributed by atoms with van der Waals surface area (Å²) >= 11 is 3.32. The molecule has 1 saturated heterocycles. The third kappa shape index (κ3) is 3.49. The first kappa shape index (κ1) is 18.1. The van der Waals surface area contributed by atoms with Crippen LogP contribution in [0, 0.1) is 6.92 Å². The van der Waals surface area contributed by atoms with Crippen molar-refractivity contribution in [1.82, 2.24) is 14.1 Å². The minimum Gasteiger partial charge on any atom is -0.367 e. The van der Waals surface area contributed by atoms with Gasteiger partial charge in [0.15, 0.2) is 0 Å². The van der Waals surface area contributed by atoms with E-state index >= 15 is 0 Å². The zero-order chi connectivity index (χ0) is 18.2. The van der Waals surface area contributed by atoms with Crippen molar-refractivity contribution in [3.05, 3.63) is 50.9 Å². The maximum atomic E-state index is 12.7. The van der Waals surface area contributed by atoms with Crippen LogP contribution in [0.4, 0.5) is 5.69 Å². The van der Waals surface area contributed by atoms with Crippen molar-refractivity contribution in [2.45, 2.75) is 11.8 Å². The van der Waals surface area contributed by atoms with Crippen LogP contribution < -0.4 is 10.5 Å². The summed E-state index contributed by atoms with van der Waals surface area (Å²) in [5.74, 6) is 0. The molecule has 0 spiro atoms. The molecule has 0 N–H and O–H groups in total. The number of hydrogen-bond donors (Lipinski definition) is 0. The molecule has 1 aliphatic rings. The van der Waals surface area contributed by atoms with Crippen LogP contribution in [0.3, 0.4) is 0 Å². The van der Waals surface area contributed by atoms with Crippen molar-refractivity contribution < 1.29 is 8.42 Å². The first-order valence-electron chi connectivity index (χ1n) is 7.84. The van der Waals surface area contributed by atoms with Crippen LogP contribution in [-0.2, 0) is 17.1 Å². The van der Waals surface area contributed by atoms with Crippen LogP contribution >= 0.6 is 15.9 Å². The molecule has 0 bridgehead atoms. The Kier molecular flexibility index (Phi) is 4.99. The maximum Gasteiger partial charge on any atom is 0.282 e. The highest BCUT2D eigenvalue weighted by Crippen LogP contribution is 2.24. The zero-order valence-corrected chi connectivity index (χ0v) is 16.4. The number of nitrogens with zero attached hydrogens (tertiary/aromatic N) is 4. The molecule has 0 radical (unpaired) electrons. The topological polar surface area (TPSA) is 75.5 Å². The third-order valence-electron chi connectivity index (χ3n) is 4.30. The Morgan fingerprint density at radius 1 is 1.08 bits per heavy atom. The summed E-state index contributed by atoms with van der Waals surface area (Å²) in [6.07, 6.45) is 1.62. The van der Waals surface area contributed by atoms with Crippen molar-refractivity contribution >= 4 is 31.6 Å². The van der Waals surface area contributed by atoms with E-state index in [-0.39, 0.29) is 5.56 Å². The number of hydrogen-bond acceptors (Lipinski definition) is 5. The Labute approximate surface area is 155 Å². The quantitative estimate of drug-likeness (QED) is 0.740. The van der Waals surface area contributed by atoms with Gasteiger partial charge in [-0.25, -0.2) is 13.1 Å². The van der Waals surface area contributed by atoms with Gasteiger partial charge < -0.3 is 4.90 Å². The Morgan fingerprint density at radius 2 is 1.68 bits per heavy atom. The van der Waals surface area contributed by atoms with Crippen LogP contribution in [0.5, 0.6) is 0 Å². The van der Waals surface area contributed by atoms with Gasteiger partial charge in [-0.05, 0) is 35.0 Å². The predicted octanol–water partition coefficient (Wildman–Crippen LogP) is 1.36. The molecule has 1 aliphatic heterocycles. The smallest absolute Gasteiger partial charge is 0.282 e. The minimum atomic E-state index is -3.50. The van der Waals surface area contributed by atoms with Crippen LogP contribution in [0.25, 0.3) is 0 Å². The van der Waals surface area contributed by atoms with E-state index in [0.29, 0.717) is 41.2 Å². The maximum absolute atomic E-state index is 12.7. The molecule has 2 heterocycles. The summed E-state index contributed by atoms with van der Waals surface area (Å²) in [6.45, 7) is 3.64. The molecule has 0 atom stereocenters. The second-order valence-electron chi connectivity index (χ2n) is 5.98. The standard InChI is InChI=1S/C16H19BrN4O3S/c1-12-3-5-13(6-4-12)25(23,24)21-9-7-20(8-10-21)14-11-18-19(2)16(22)15(14)17/h3-6,11H,7-10H2,1-2H3. The van der Waals surface area contributed by atoms with E-state index in [2.05, 4.69) is 21.0 Å². The van der Waals surface area contributed by atoms with Crippen molar-refractivity contribution in [3.8, 4) is 0 Å². The lowest BCUT2D eigenvalue weighted by Crippen LogP contribution is -2.49. The predicted molar refractivity (Wildman–Crippen MR) is 99.3 cm³/mol. The molecule has 0 unspecified atom stereocenters. The molecule has 134 valence electrons. The lowest BCUT2D eigenvalue weighted by Gasteiger charge is -2.35. The van der Waals surface area contributed by atoms with Crippen molar-refractivity contribution in [2.75, 3.05) is 31.1 Å². The van der Waals surface area contributed by atoms with Gasteiger partial charge in [-0.15, -0.1) is 0 Å². The molecule has 1 fully saturated rings. The molecule has 2 aromatic rings. The molecule has 25 heavy (non-hydrogen) atoms. The Morgan fingerprint density at radius 3 is 2.28 bits per heavy atom. The van der Waals surface area contributed by atoms with Gasteiger partial charge in [-0.3, -0.25) is 4.79 Å². The first-order valence-corrected chi connectivity index (χ1v) is 10.1. The van der Waals surface area contributed by atoms with Gasteiger partial charge in [0, 0.05) is 33.2 Å². The average molecular weight is 427 g/mol. The van der Waals surface area contributed by atoms with Gasteiger partial charge >= 0.3 is 0 Å². The molecule has 0 aliphatic carbocycles. The van der Waals surface area contributed by atoms with E-state index in [1.54, 1.807) is 37.5 Å². The van der Waals surface area contributed by atoms with E-state index in [4.69, 9.17) is 0 Å². The summed E-state index contributed by atoms with van der Waals surface area (Å²) in [5, 5.41) is 4.04. The number of aromatic nitrogens is 2. The number of benzene rings is 1. The number of anilines is 1. The summed E-state index contributed by atoms with van der Waals surface area (Å²) in [7, 11) is -1.91. The van der Waals surface area contributed by atoms with E-state index in [1.807, 2.05) is 11.8 Å². The summed E-state index contributed by atoms with van der Waals surface area (Å²) < 4.78 is 28.7. The number of aryl methyl sites for hydroxylation is 2. The van der Waals surface area contributed by atoms with E-state index in [1.165, 1.54) is 8.99 Å². The molecule has 1 aromatic carbocycles. The molecule has 0 saturated carbocycles. The van der Waals surface area contributed by atoms with Crippen molar-refractivity contribution in [1.29, 1.82) is 0 Å². The minimum absolute atomic E-state index is 0.216. The van der Waals surface area contributed by atoms with Gasteiger partial charge in [0.25, 0.3) is 5.56 Å². The number of rotatable bonds is 3. The monoisotopic (exact) mass is 426 g/mol. The third-order valence-corrected chi connectivity index (χ3v) is 6.96. The number of halogens is 1. The van der Waals surface area contributed by atoms with Crippen LogP contribution in [-0.4, -0.2) is 48.7 Å². The second-order valence-corrected chi connectivity index (χ2v) is 8.71. The Balaban J connectivity index is 1.77. The lowest BCUT2D eigenvalue weighted by molar-refractivity contribution is 0.384. The number of piperazine rings is 1. The molecule has 0 amide bonds.